The average Bonchev–Trinajstić information content (AvgIpc) is 3.33. The maximum Gasteiger partial charge on any atom is 0.331 e. The molecular weight excluding hydrogens is 412 g/mol. The van der Waals surface area contributed by atoms with Gasteiger partial charge in [0.2, 0.25) is 10.0 Å². The van der Waals surface area contributed by atoms with Gasteiger partial charge in [-0.2, -0.15) is 9.57 Å². The van der Waals surface area contributed by atoms with Crippen molar-refractivity contribution in [3.05, 3.63) is 29.2 Å². The van der Waals surface area contributed by atoms with Gasteiger partial charge in [-0.05, 0) is 31.1 Å². The lowest BCUT2D eigenvalue weighted by Gasteiger charge is -2.30. The molecule has 0 aromatic carbocycles. The highest BCUT2D eigenvalue weighted by molar-refractivity contribution is 7.88. The first-order valence-corrected chi connectivity index (χ1v) is 11.4. The van der Waals surface area contributed by atoms with E-state index in [1.165, 1.54) is 18.2 Å². The Morgan fingerprint density at radius 2 is 2.00 bits per heavy atom. The number of furan rings is 1. The molecule has 1 aliphatic heterocycles. The van der Waals surface area contributed by atoms with Crippen LogP contribution in [0.25, 0.3) is 6.08 Å². The number of rotatable bonds is 7. The number of hydrogen-bond acceptors (Lipinski definition) is 7. The third-order valence-electron chi connectivity index (χ3n) is 5.07. The van der Waals surface area contributed by atoms with E-state index in [0.29, 0.717) is 12.8 Å². The first-order chi connectivity index (χ1) is 14.2. The largest absolute Gasteiger partial charge is 0.460 e. The summed E-state index contributed by atoms with van der Waals surface area (Å²) in [7, 11) is -3.55. The number of imide groups is 2. The summed E-state index contributed by atoms with van der Waals surface area (Å²) in [5.74, 6) is -1.00. The average molecular weight is 434 g/mol. The van der Waals surface area contributed by atoms with Crippen molar-refractivity contribution in [1.29, 1.82) is 5.26 Å². The molecule has 160 valence electrons. The van der Waals surface area contributed by atoms with Gasteiger partial charge in [-0.1, -0.05) is 12.8 Å². The van der Waals surface area contributed by atoms with E-state index in [1.807, 2.05) is 6.07 Å². The molecule has 2 aliphatic rings. The highest BCUT2D eigenvalue weighted by Crippen LogP contribution is 2.27. The monoisotopic (exact) mass is 434 g/mol. The number of sulfonamides is 1. The van der Waals surface area contributed by atoms with Crippen LogP contribution in [0.5, 0.6) is 0 Å². The molecule has 1 saturated heterocycles. The smallest absolute Gasteiger partial charge is 0.331 e. The predicted octanol–water partition coefficient (Wildman–Crippen LogP) is 1.36. The van der Waals surface area contributed by atoms with Crippen LogP contribution in [-0.4, -0.2) is 54.3 Å². The summed E-state index contributed by atoms with van der Waals surface area (Å²) in [6.45, 7) is -0.0671. The fourth-order valence-electron chi connectivity index (χ4n) is 3.58. The molecule has 2 heterocycles. The molecule has 1 saturated carbocycles. The van der Waals surface area contributed by atoms with Crippen LogP contribution in [0.1, 0.15) is 43.6 Å². The van der Waals surface area contributed by atoms with E-state index in [4.69, 9.17) is 9.68 Å². The SMILES string of the molecule is CS(=O)(=O)N(CCC#N)Cc1ccc(/C=C2/C(=O)NC(=O)N(C3CCCC3)C2=O)o1. The van der Waals surface area contributed by atoms with Gasteiger partial charge in [0.1, 0.15) is 17.1 Å². The van der Waals surface area contributed by atoms with E-state index in [1.54, 1.807) is 0 Å². The van der Waals surface area contributed by atoms with Crippen LogP contribution in [0.4, 0.5) is 4.79 Å². The quantitative estimate of drug-likeness (QED) is 0.504. The maximum absolute atomic E-state index is 12.8. The first-order valence-electron chi connectivity index (χ1n) is 9.52. The molecule has 0 unspecified atom stereocenters. The minimum absolute atomic E-state index is 0.0197. The van der Waals surface area contributed by atoms with Crippen LogP contribution in [0.15, 0.2) is 22.1 Å². The Bertz CT molecular complexity index is 1030. The van der Waals surface area contributed by atoms with Crippen LogP contribution in [0.2, 0.25) is 0 Å². The van der Waals surface area contributed by atoms with Crippen molar-refractivity contribution in [1.82, 2.24) is 14.5 Å². The Hall–Kier alpha value is -2.97. The molecular formula is C19H22N4O6S. The lowest BCUT2D eigenvalue weighted by atomic mass is 10.1. The molecule has 2 fully saturated rings. The van der Waals surface area contributed by atoms with E-state index >= 15 is 0 Å². The van der Waals surface area contributed by atoms with Crippen molar-refractivity contribution in [2.75, 3.05) is 12.8 Å². The van der Waals surface area contributed by atoms with E-state index in [9.17, 15) is 22.8 Å². The van der Waals surface area contributed by atoms with Gasteiger partial charge in [-0.25, -0.2) is 13.2 Å². The number of amides is 4. The number of nitriles is 1. The number of barbiturate groups is 1. The molecule has 0 radical (unpaired) electrons. The van der Waals surface area contributed by atoms with Crippen molar-refractivity contribution in [3.8, 4) is 6.07 Å². The molecule has 1 aromatic heterocycles. The molecule has 0 atom stereocenters. The Morgan fingerprint density at radius 1 is 1.30 bits per heavy atom. The summed E-state index contributed by atoms with van der Waals surface area (Å²) in [5, 5.41) is 10.9. The summed E-state index contributed by atoms with van der Waals surface area (Å²) in [6.07, 6.45) is 5.55. The summed E-state index contributed by atoms with van der Waals surface area (Å²) in [6, 6.07) is 3.98. The van der Waals surface area contributed by atoms with E-state index in [2.05, 4.69) is 5.32 Å². The standard InChI is InChI=1S/C19H22N4O6S/c1-30(27,28)22(10-4-9-20)12-15-8-7-14(29-15)11-16-17(24)21-19(26)23(18(16)25)13-5-2-3-6-13/h7-8,11,13H,2-6,10,12H2,1H3,(H,21,24,26)/b16-11-. The first kappa shape index (κ1) is 21.7. The molecule has 0 bridgehead atoms. The lowest BCUT2D eigenvalue weighted by Crippen LogP contribution is -2.57. The summed E-state index contributed by atoms with van der Waals surface area (Å²) < 4.78 is 30.4. The molecule has 11 heteroatoms. The fraction of sp³-hybridized carbons (Fsp3) is 0.474. The van der Waals surface area contributed by atoms with Crippen LogP contribution in [0, 0.1) is 11.3 Å². The van der Waals surface area contributed by atoms with Crippen molar-refractivity contribution in [2.45, 2.75) is 44.7 Å². The van der Waals surface area contributed by atoms with Gasteiger partial charge in [0.15, 0.2) is 0 Å². The van der Waals surface area contributed by atoms with Crippen LogP contribution in [-0.2, 0) is 26.2 Å². The molecule has 1 N–H and O–H groups in total. The molecule has 1 aromatic rings. The van der Waals surface area contributed by atoms with Gasteiger partial charge in [-0.15, -0.1) is 0 Å². The second-order valence-corrected chi connectivity index (χ2v) is 9.22. The third kappa shape index (κ3) is 4.77. The Balaban J connectivity index is 1.80. The van der Waals surface area contributed by atoms with E-state index < -0.39 is 27.9 Å². The topological polar surface area (TPSA) is 141 Å². The van der Waals surface area contributed by atoms with E-state index in [0.717, 1.165) is 28.3 Å². The zero-order valence-corrected chi connectivity index (χ0v) is 17.3. The van der Waals surface area contributed by atoms with Gasteiger partial charge >= 0.3 is 6.03 Å². The highest BCUT2D eigenvalue weighted by Gasteiger charge is 2.40. The number of carbonyl (C=O) groups is 3. The molecule has 10 nitrogen and oxygen atoms in total. The zero-order chi connectivity index (χ0) is 21.9. The van der Waals surface area contributed by atoms with Gasteiger partial charge in [0.05, 0.1) is 18.9 Å². The minimum Gasteiger partial charge on any atom is -0.460 e. The highest BCUT2D eigenvalue weighted by atomic mass is 32.2. The number of hydrogen-bond donors (Lipinski definition) is 1. The fourth-order valence-corrected chi connectivity index (χ4v) is 4.36. The number of nitrogens with zero attached hydrogens (tertiary/aromatic N) is 3. The Morgan fingerprint density at radius 3 is 2.63 bits per heavy atom. The Labute approximate surface area is 174 Å². The lowest BCUT2D eigenvalue weighted by molar-refractivity contribution is -0.131. The molecule has 1 aliphatic carbocycles. The normalized spacial score (nSPS) is 19.6. The third-order valence-corrected chi connectivity index (χ3v) is 6.32. The van der Waals surface area contributed by atoms with Crippen LogP contribution >= 0.6 is 0 Å². The van der Waals surface area contributed by atoms with Crippen LogP contribution < -0.4 is 5.32 Å². The van der Waals surface area contributed by atoms with Gasteiger partial charge in [0, 0.05) is 19.0 Å². The maximum atomic E-state index is 12.8. The van der Waals surface area contributed by atoms with Gasteiger partial charge < -0.3 is 4.42 Å². The number of carbonyl (C=O) groups excluding carboxylic acids is 3. The second-order valence-electron chi connectivity index (χ2n) is 7.24. The van der Waals surface area contributed by atoms with Crippen molar-refractivity contribution in [2.24, 2.45) is 0 Å². The predicted molar refractivity (Wildman–Crippen MR) is 105 cm³/mol. The number of urea groups is 1. The van der Waals surface area contributed by atoms with Crippen LogP contribution in [0.3, 0.4) is 0 Å². The van der Waals surface area contributed by atoms with Gasteiger partial charge in [0.25, 0.3) is 11.8 Å². The van der Waals surface area contributed by atoms with Crippen molar-refractivity contribution >= 4 is 33.9 Å². The molecule has 0 spiro atoms. The summed E-state index contributed by atoms with van der Waals surface area (Å²) >= 11 is 0. The summed E-state index contributed by atoms with van der Waals surface area (Å²) in [4.78, 5) is 38.2. The van der Waals surface area contributed by atoms with E-state index in [-0.39, 0.29) is 42.6 Å². The number of nitrogens with one attached hydrogen (secondary N) is 1. The molecule has 30 heavy (non-hydrogen) atoms. The Kier molecular flexibility index (Phi) is 6.38. The zero-order valence-electron chi connectivity index (χ0n) is 16.5. The second kappa shape index (κ2) is 8.81. The minimum atomic E-state index is -3.55. The van der Waals surface area contributed by atoms with Crippen molar-refractivity contribution < 1.29 is 27.2 Å². The molecule has 3 rings (SSSR count). The van der Waals surface area contributed by atoms with Crippen molar-refractivity contribution in [3.63, 3.8) is 0 Å². The molecule has 4 amide bonds. The van der Waals surface area contributed by atoms with Gasteiger partial charge in [-0.3, -0.25) is 19.8 Å². The summed E-state index contributed by atoms with van der Waals surface area (Å²) in [5.41, 5.74) is -0.216.